The van der Waals surface area contributed by atoms with Crippen molar-refractivity contribution < 1.29 is 18.0 Å². The van der Waals surface area contributed by atoms with Gasteiger partial charge in [0.1, 0.15) is 0 Å². The van der Waals surface area contributed by atoms with Crippen molar-refractivity contribution in [3.05, 3.63) is 53.8 Å². The van der Waals surface area contributed by atoms with Gasteiger partial charge in [-0.3, -0.25) is 14.0 Å². The molecule has 3 rings (SSSR count). The van der Waals surface area contributed by atoms with E-state index in [9.17, 15) is 18.0 Å². The Labute approximate surface area is 153 Å². The van der Waals surface area contributed by atoms with Crippen LogP contribution in [0.25, 0.3) is 11.0 Å². The molecule has 0 radical (unpaired) electrons. The Bertz CT molecular complexity index is 1090. The summed E-state index contributed by atoms with van der Waals surface area (Å²) in [5, 5.41) is 4.53. The molecular formula is C16H14N4O4S2. The van der Waals surface area contributed by atoms with Crippen molar-refractivity contribution in [1.82, 2.24) is 14.1 Å². The molecule has 0 aliphatic rings. The maximum absolute atomic E-state index is 12.0. The van der Waals surface area contributed by atoms with Crippen LogP contribution >= 0.6 is 11.3 Å². The average molecular weight is 390 g/mol. The lowest BCUT2D eigenvalue weighted by Gasteiger charge is -2.06. The molecular weight excluding hydrogens is 376 g/mol. The lowest BCUT2D eigenvalue weighted by atomic mass is 10.3. The summed E-state index contributed by atoms with van der Waals surface area (Å²) in [5.41, 5.74) is 1.20. The van der Waals surface area contributed by atoms with Crippen LogP contribution in [0, 0.1) is 0 Å². The maximum atomic E-state index is 12.0. The molecule has 2 heterocycles. The number of carbonyl (C=O) groups excluding carboxylic acids is 2. The highest BCUT2D eigenvalue weighted by molar-refractivity contribution is 7.90. The molecule has 3 aromatic rings. The molecule has 0 spiro atoms. The normalized spacial score (nSPS) is 11.7. The minimum atomic E-state index is -3.89. The second kappa shape index (κ2) is 7.10. The van der Waals surface area contributed by atoms with Gasteiger partial charge in [0.25, 0.3) is 10.0 Å². The number of nitrogens with one attached hydrogen (secondary N) is 2. The number of imidazole rings is 1. The van der Waals surface area contributed by atoms with Gasteiger partial charge in [-0.15, -0.1) is 11.3 Å². The fourth-order valence-electron chi connectivity index (χ4n) is 2.18. The van der Waals surface area contributed by atoms with Crippen molar-refractivity contribution >= 4 is 49.9 Å². The van der Waals surface area contributed by atoms with Gasteiger partial charge in [-0.2, -0.15) is 0 Å². The van der Waals surface area contributed by atoms with Crippen molar-refractivity contribution in [2.45, 2.75) is 11.8 Å². The van der Waals surface area contributed by atoms with Crippen LogP contribution < -0.4 is 10.0 Å². The van der Waals surface area contributed by atoms with Crippen molar-refractivity contribution in [3.8, 4) is 0 Å². The Morgan fingerprint density at radius 3 is 2.65 bits per heavy atom. The SMILES string of the molecule is CC(=O)NS(=O)(=O)c1ccc(NC(=O)/C=C/c2cnc3sccn23)cc1. The Balaban J connectivity index is 1.67. The highest BCUT2D eigenvalue weighted by Crippen LogP contribution is 2.15. The second-order valence-electron chi connectivity index (χ2n) is 5.25. The van der Waals surface area contributed by atoms with Gasteiger partial charge in [0, 0.05) is 30.3 Å². The molecule has 0 aliphatic carbocycles. The molecule has 0 saturated carbocycles. The number of rotatable bonds is 5. The van der Waals surface area contributed by atoms with Gasteiger partial charge < -0.3 is 5.32 Å². The van der Waals surface area contributed by atoms with E-state index < -0.39 is 15.9 Å². The van der Waals surface area contributed by atoms with Gasteiger partial charge >= 0.3 is 0 Å². The number of carbonyl (C=O) groups is 2. The van der Waals surface area contributed by atoms with Crippen LogP contribution in [-0.4, -0.2) is 29.6 Å². The van der Waals surface area contributed by atoms with Gasteiger partial charge in [0.2, 0.25) is 11.8 Å². The van der Waals surface area contributed by atoms with E-state index in [-0.39, 0.29) is 10.8 Å². The number of thiazole rings is 1. The monoisotopic (exact) mass is 390 g/mol. The number of hydrogen-bond acceptors (Lipinski definition) is 6. The van der Waals surface area contributed by atoms with E-state index in [1.54, 1.807) is 12.3 Å². The Kier molecular flexibility index (Phi) is 4.87. The summed E-state index contributed by atoms with van der Waals surface area (Å²) in [5.74, 6) is -1.04. The minimum absolute atomic E-state index is 0.0691. The van der Waals surface area contributed by atoms with Crippen LogP contribution in [0.15, 0.2) is 53.0 Å². The highest BCUT2D eigenvalue weighted by Gasteiger charge is 2.15. The molecule has 1 aromatic carbocycles. The number of nitrogens with zero attached hydrogens (tertiary/aromatic N) is 2. The summed E-state index contributed by atoms with van der Waals surface area (Å²) in [6.07, 6.45) is 6.52. The van der Waals surface area contributed by atoms with E-state index in [2.05, 4.69) is 10.3 Å². The quantitative estimate of drug-likeness (QED) is 0.647. The molecule has 0 atom stereocenters. The number of fused-ring (bicyclic) bond motifs is 1. The zero-order chi connectivity index (χ0) is 18.7. The van der Waals surface area contributed by atoms with Crippen LogP contribution in [0.4, 0.5) is 5.69 Å². The van der Waals surface area contributed by atoms with E-state index in [0.717, 1.165) is 17.6 Å². The number of hydrogen-bond donors (Lipinski definition) is 2. The molecule has 0 unspecified atom stereocenters. The standard InChI is InChI=1S/C16H14N4O4S2/c1-11(21)19-26(23,24)14-5-2-12(3-6-14)18-15(22)7-4-13-10-17-16-20(13)8-9-25-16/h2-10H,1H3,(H,18,22)(H,19,21)/b7-4+. The first-order valence-electron chi connectivity index (χ1n) is 7.38. The number of sulfonamides is 1. The molecule has 0 fully saturated rings. The minimum Gasteiger partial charge on any atom is -0.323 e. The van der Waals surface area contributed by atoms with Crippen LogP contribution in [-0.2, 0) is 19.6 Å². The van der Waals surface area contributed by atoms with Gasteiger partial charge in [0.15, 0.2) is 4.96 Å². The summed E-state index contributed by atoms with van der Waals surface area (Å²) in [6, 6.07) is 5.49. The van der Waals surface area contributed by atoms with Crippen molar-refractivity contribution in [3.63, 3.8) is 0 Å². The summed E-state index contributed by atoms with van der Waals surface area (Å²) < 4.78 is 27.4. The molecule has 8 nitrogen and oxygen atoms in total. The fourth-order valence-corrected chi connectivity index (χ4v) is 3.87. The maximum Gasteiger partial charge on any atom is 0.264 e. The molecule has 2 aromatic heterocycles. The van der Waals surface area contributed by atoms with E-state index in [1.165, 1.54) is 41.7 Å². The summed E-state index contributed by atoms with van der Waals surface area (Å²) in [4.78, 5) is 27.9. The van der Waals surface area contributed by atoms with Crippen LogP contribution in [0.3, 0.4) is 0 Å². The lowest BCUT2D eigenvalue weighted by Crippen LogP contribution is -2.28. The highest BCUT2D eigenvalue weighted by atomic mass is 32.2. The van der Waals surface area contributed by atoms with Crippen molar-refractivity contribution in [2.24, 2.45) is 0 Å². The average Bonchev–Trinajstić information content (AvgIpc) is 3.16. The third-order valence-corrected chi connectivity index (χ3v) is 5.51. The molecule has 10 heteroatoms. The summed E-state index contributed by atoms with van der Waals surface area (Å²) in [7, 11) is -3.89. The number of amides is 2. The molecule has 0 aliphatic heterocycles. The first-order valence-corrected chi connectivity index (χ1v) is 9.74. The smallest absolute Gasteiger partial charge is 0.264 e. The van der Waals surface area contributed by atoms with Crippen LogP contribution in [0.2, 0.25) is 0 Å². The predicted molar refractivity (Wildman–Crippen MR) is 98.2 cm³/mol. The predicted octanol–water partition coefficient (Wildman–Crippen LogP) is 1.87. The first kappa shape index (κ1) is 17.8. The lowest BCUT2D eigenvalue weighted by molar-refractivity contribution is -0.117. The zero-order valence-corrected chi connectivity index (χ0v) is 15.2. The van der Waals surface area contributed by atoms with Gasteiger partial charge in [0.05, 0.1) is 16.8 Å². The molecule has 2 N–H and O–H groups in total. The summed E-state index contributed by atoms with van der Waals surface area (Å²) >= 11 is 1.49. The molecule has 26 heavy (non-hydrogen) atoms. The Hall–Kier alpha value is -2.98. The second-order valence-corrected chi connectivity index (χ2v) is 7.80. The van der Waals surface area contributed by atoms with Crippen LogP contribution in [0.1, 0.15) is 12.6 Å². The van der Waals surface area contributed by atoms with Gasteiger partial charge in [-0.25, -0.2) is 18.1 Å². The van der Waals surface area contributed by atoms with Gasteiger partial charge in [-0.05, 0) is 30.3 Å². The van der Waals surface area contributed by atoms with E-state index in [4.69, 9.17) is 0 Å². The number of aromatic nitrogens is 2. The molecule has 134 valence electrons. The third kappa shape index (κ3) is 3.98. The first-order chi connectivity index (χ1) is 12.3. The van der Waals surface area contributed by atoms with Gasteiger partial charge in [-0.1, -0.05) is 0 Å². The zero-order valence-electron chi connectivity index (χ0n) is 13.5. The largest absolute Gasteiger partial charge is 0.323 e. The van der Waals surface area contributed by atoms with E-state index in [0.29, 0.717) is 5.69 Å². The fraction of sp³-hybridized carbons (Fsp3) is 0.0625. The molecule has 0 bridgehead atoms. The number of benzene rings is 1. The van der Waals surface area contributed by atoms with E-state index >= 15 is 0 Å². The Morgan fingerprint density at radius 1 is 1.23 bits per heavy atom. The third-order valence-electron chi connectivity index (χ3n) is 3.29. The van der Waals surface area contributed by atoms with Crippen molar-refractivity contribution in [1.29, 1.82) is 0 Å². The van der Waals surface area contributed by atoms with Crippen LogP contribution in [0.5, 0.6) is 0 Å². The van der Waals surface area contributed by atoms with Crippen molar-refractivity contribution in [2.75, 3.05) is 5.32 Å². The number of anilines is 1. The topological polar surface area (TPSA) is 110 Å². The Morgan fingerprint density at radius 2 is 1.96 bits per heavy atom. The van der Waals surface area contributed by atoms with E-state index in [1.807, 2.05) is 20.7 Å². The molecule has 2 amide bonds. The summed E-state index contributed by atoms with van der Waals surface area (Å²) in [6.45, 7) is 1.11. The molecule has 0 saturated heterocycles.